The van der Waals surface area contributed by atoms with Gasteiger partial charge in [0.2, 0.25) is 0 Å². The number of nitrogens with zero attached hydrogens (tertiary/aromatic N) is 2. The van der Waals surface area contributed by atoms with E-state index in [1.165, 1.54) is 0 Å². The number of amides is 1. The zero-order valence-electron chi connectivity index (χ0n) is 13.6. The molecule has 25 heavy (non-hydrogen) atoms. The fourth-order valence-electron chi connectivity index (χ4n) is 2.69. The molecule has 0 spiro atoms. The first kappa shape index (κ1) is 17.0. The Morgan fingerprint density at radius 1 is 1.32 bits per heavy atom. The van der Waals surface area contributed by atoms with Gasteiger partial charge in [-0.3, -0.25) is 4.79 Å². The quantitative estimate of drug-likeness (QED) is 0.416. The van der Waals surface area contributed by atoms with E-state index in [1.807, 2.05) is 42.5 Å². The van der Waals surface area contributed by atoms with Gasteiger partial charge in [-0.2, -0.15) is 5.26 Å². The van der Waals surface area contributed by atoms with Crippen LogP contribution < -0.4 is 10.2 Å². The summed E-state index contributed by atoms with van der Waals surface area (Å²) in [5.41, 5.74) is 1.79. The van der Waals surface area contributed by atoms with Crippen LogP contribution in [0.25, 0.3) is 16.8 Å². The molecule has 1 fully saturated rings. The van der Waals surface area contributed by atoms with Gasteiger partial charge in [-0.1, -0.05) is 36.4 Å². The molecular weight excluding hydrogens is 318 g/mol. The maximum absolute atomic E-state index is 12.2. The Morgan fingerprint density at radius 2 is 2.08 bits per heavy atom. The summed E-state index contributed by atoms with van der Waals surface area (Å²) in [6, 6.07) is 13.8. The predicted molar refractivity (Wildman–Crippen MR) is 95.9 cm³/mol. The fraction of sp³-hybridized carbons (Fsp3) is 0.263. The van der Waals surface area contributed by atoms with E-state index in [0.29, 0.717) is 0 Å². The third-order valence-corrected chi connectivity index (χ3v) is 4.07. The van der Waals surface area contributed by atoms with Crippen LogP contribution in [-0.2, 0) is 4.79 Å². The van der Waals surface area contributed by atoms with Crippen molar-refractivity contribution >= 4 is 28.4 Å². The number of hydrogen-bond acceptors (Lipinski definition) is 5. The van der Waals surface area contributed by atoms with Gasteiger partial charge in [0.1, 0.15) is 11.6 Å². The first-order chi connectivity index (χ1) is 12.1. The molecule has 3 N–H and O–H groups in total. The van der Waals surface area contributed by atoms with E-state index in [4.69, 9.17) is 5.11 Å². The van der Waals surface area contributed by atoms with Gasteiger partial charge in [-0.25, -0.2) is 0 Å². The fourth-order valence-corrected chi connectivity index (χ4v) is 2.69. The molecule has 1 amide bonds. The van der Waals surface area contributed by atoms with Gasteiger partial charge in [0, 0.05) is 25.0 Å². The molecule has 2 aromatic carbocycles. The molecule has 0 aliphatic carbocycles. The molecule has 1 atom stereocenters. The van der Waals surface area contributed by atoms with E-state index in [1.54, 1.807) is 6.08 Å². The molecule has 0 saturated carbocycles. The predicted octanol–water partition coefficient (Wildman–Crippen LogP) is 1.04. The second-order valence-electron chi connectivity index (χ2n) is 5.93. The number of fused-ring (bicyclic) bond motifs is 1. The zero-order chi connectivity index (χ0) is 17.8. The SMILES string of the molecule is N#C/C(=C\c1ccc2ccccc2c1N1CC1)C(=O)NCC(O)CO. The van der Waals surface area contributed by atoms with Crippen molar-refractivity contribution in [1.82, 2.24) is 5.32 Å². The highest BCUT2D eigenvalue weighted by molar-refractivity contribution is 6.05. The van der Waals surface area contributed by atoms with Crippen LogP contribution in [0.2, 0.25) is 0 Å². The molecule has 1 aliphatic heterocycles. The molecule has 1 unspecified atom stereocenters. The summed E-state index contributed by atoms with van der Waals surface area (Å²) in [6.45, 7) is 1.35. The van der Waals surface area contributed by atoms with Gasteiger partial charge >= 0.3 is 0 Å². The first-order valence-electron chi connectivity index (χ1n) is 8.09. The number of anilines is 1. The zero-order valence-corrected chi connectivity index (χ0v) is 13.6. The Hall–Kier alpha value is -2.88. The minimum Gasteiger partial charge on any atom is -0.394 e. The van der Waals surface area contributed by atoms with Gasteiger partial charge in [-0.15, -0.1) is 0 Å². The average molecular weight is 337 g/mol. The number of hydrogen-bond donors (Lipinski definition) is 3. The normalized spacial score (nSPS) is 14.9. The van der Waals surface area contributed by atoms with Crippen LogP contribution in [-0.4, -0.2) is 48.5 Å². The number of nitrogens with one attached hydrogen (secondary N) is 1. The van der Waals surface area contributed by atoms with E-state index >= 15 is 0 Å². The number of nitriles is 1. The average Bonchev–Trinajstić information content (AvgIpc) is 3.48. The standard InChI is InChI=1S/C19H19N3O3/c20-10-15(19(25)21-11-16(24)12-23)9-14-6-5-13-3-1-2-4-17(13)18(14)22-7-8-22/h1-6,9,16,23-24H,7-8,11-12H2,(H,21,25)/b15-9+. The molecule has 2 aromatic rings. The minimum absolute atomic E-state index is 0.0384. The third kappa shape index (κ3) is 3.79. The van der Waals surface area contributed by atoms with Gasteiger partial charge in [-0.05, 0) is 17.0 Å². The van der Waals surface area contributed by atoms with Crippen LogP contribution in [0.5, 0.6) is 0 Å². The third-order valence-electron chi connectivity index (χ3n) is 4.07. The number of carbonyl (C=O) groups excluding carboxylic acids is 1. The van der Waals surface area contributed by atoms with Crippen LogP contribution in [0.1, 0.15) is 5.56 Å². The smallest absolute Gasteiger partial charge is 0.262 e. The van der Waals surface area contributed by atoms with E-state index in [0.717, 1.165) is 35.1 Å². The maximum atomic E-state index is 12.2. The molecule has 3 rings (SSSR count). The molecule has 1 heterocycles. The highest BCUT2D eigenvalue weighted by Crippen LogP contribution is 2.35. The molecule has 0 aromatic heterocycles. The van der Waals surface area contributed by atoms with Crippen molar-refractivity contribution < 1.29 is 15.0 Å². The van der Waals surface area contributed by atoms with Gasteiger partial charge in [0.25, 0.3) is 5.91 Å². The molecule has 1 saturated heterocycles. The second kappa shape index (κ2) is 7.34. The molecule has 1 aliphatic rings. The Bertz CT molecular complexity index is 866. The van der Waals surface area contributed by atoms with Crippen molar-refractivity contribution in [2.24, 2.45) is 0 Å². The summed E-state index contributed by atoms with van der Waals surface area (Å²) in [6.07, 6.45) is 0.526. The van der Waals surface area contributed by atoms with Gasteiger partial charge in [0.05, 0.1) is 18.4 Å². The molecule has 128 valence electrons. The summed E-state index contributed by atoms with van der Waals surface area (Å²) < 4.78 is 0. The van der Waals surface area contributed by atoms with Crippen molar-refractivity contribution in [3.05, 3.63) is 47.5 Å². The van der Waals surface area contributed by atoms with Crippen molar-refractivity contribution in [2.75, 3.05) is 31.1 Å². The van der Waals surface area contributed by atoms with Crippen molar-refractivity contribution in [2.45, 2.75) is 6.10 Å². The highest BCUT2D eigenvalue weighted by Gasteiger charge is 2.23. The van der Waals surface area contributed by atoms with Crippen LogP contribution >= 0.6 is 0 Å². The minimum atomic E-state index is -1.04. The summed E-state index contributed by atoms with van der Waals surface area (Å²) in [4.78, 5) is 14.3. The van der Waals surface area contributed by atoms with Crippen molar-refractivity contribution in [1.29, 1.82) is 5.26 Å². The largest absolute Gasteiger partial charge is 0.394 e. The van der Waals surface area contributed by atoms with Crippen molar-refractivity contribution in [3.63, 3.8) is 0 Å². The Morgan fingerprint density at radius 3 is 2.76 bits per heavy atom. The monoisotopic (exact) mass is 337 g/mol. The summed E-state index contributed by atoms with van der Waals surface area (Å²) in [7, 11) is 0. The number of rotatable bonds is 6. The summed E-state index contributed by atoms with van der Waals surface area (Å²) >= 11 is 0. The lowest BCUT2D eigenvalue weighted by Gasteiger charge is -2.13. The second-order valence-corrected chi connectivity index (χ2v) is 5.93. The molecule has 6 heteroatoms. The number of aliphatic hydroxyl groups is 2. The maximum Gasteiger partial charge on any atom is 0.262 e. The topological polar surface area (TPSA) is 96.4 Å². The molecular formula is C19H19N3O3. The van der Waals surface area contributed by atoms with Crippen LogP contribution in [0, 0.1) is 11.3 Å². The van der Waals surface area contributed by atoms with Crippen molar-refractivity contribution in [3.8, 4) is 6.07 Å². The highest BCUT2D eigenvalue weighted by atomic mass is 16.3. The lowest BCUT2D eigenvalue weighted by Crippen LogP contribution is -2.34. The molecule has 0 bridgehead atoms. The number of carbonyl (C=O) groups is 1. The Balaban J connectivity index is 1.94. The number of aliphatic hydroxyl groups excluding tert-OH is 2. The lowest BCUT2D eigenvalue weighted by atomic mass is 10.0. The van der Waals surface area contributed by atoms with Crippen LogP contribution in [0.3, 0.4) is 0 Å². The first-order valence-corrected chi connectivity index (χ1v) is 8.09. The van der Waals surface area contributed by atoms with Crippen LogP contribution in [0.15, 0.2) is 42.0 Å². The summed E-state index contributed by atoms with van der Waals surface area (Å²) in [5, 5.41) is 32.1. The van der Waals surface area contributed by atoms with Gasteiger partial charge in [0.15, 0.2) is 0 Å². The van der Waals surface area contributed by atoms with Gasteiger partial charge < -0.3 is 20.4 Å². The number of benzene rings is 2. The molecule has 0 radical (unpaired) electrons. The lowest BCUT2D eigenvalue weighted by molar-refractivity contribution is -0.117. The summed E-state index contributed by atoms with van der Waals surface area (Å²) in [5.74, 6) is -0.570. The van der Waals surface area contributed by atoms with E-state index in [-0.39, 0.29) is 12.1 Å². The van der Waals surface area contributed by atoms with Crippen LogP contribution in [0.4, 0.5) is 5.69 Å². The van der Waals surface area contributed by atoms with E-state index < -0.39 is 18.6 Å². The van der Waals surface area contributed by atoms with E-state index in [9.17, 15) is 15.2 Å². The van der Waals surface area contributed by atoms with E-state index in [2.05, 4.69) is 10.2 Å². The Kier molecular flexibility index (Phi) is 4.98. The molecule has 6 nitrogen and oxygen atoms in total. The Labute approximate surface area is 145 Å².